The van der Waals surface area contributed by atoms with Gasteiger partial charge in [-0.2, -0.15) is 11.8 Å². The summed E-state index contributed by atoms with van der Waals surface area (Å²) >= 11 is 2.01. The first kappa shape index (κ1) is 10.6. The summed E-state index contributed by atoms with van der Waals surface area (Å²) in [7, 11) is 0. The van der Waals surface area contributed by atoms with E-state index < -0.39 is 0 Å². The third-order valence-electron chi connectivity index (χ3n) is 3.54. The number of hydrogen-bond acceptors (Lipinski definition) is 4. The molecule has 1 fully saturated rings. The summed E-state index contributed by atoms with van der Waals surface area (Å²) in [4.78, 5) is 0. The highest BCUT2D eigenvalue weighted by Crippen LogP contribution is 2.34. The van der Waals surface area contributed by atoms with Gasteiger partial charge in [0.05, 0.1) is 0 Å². The molecule has 0 amide bonds. The van der Waals surface area contributed by atoms with Crippen molar-refractivity contribution in [1.82, 2.24) is 14.8 Å². The van der Waals surface area contributed by atoms with Gasteiger partial charge in [0.2, 0.25) is 0 Å². The van der Waals surface area contributed by atoms with Crippen molar-refractivity contribution in [1.29, 1.82) is 0 Å². The van der Waals surface area contributed by atoms with Crippen molar-refractivity contribution < 1.29 is 5.11 Å². The van der Waals surface area contributed by atoms with Gasteiger partial charge in [-0.3, -0.25) is 4.57 Å². The van der Waals surface area contributed by atoms with Crippen LogP contribution in [0.2, 0.25) is 0 Å². The molecule has 0 bridgehead atoms. The van der Waals surface area contributed by atoms with E-state index in [1.54, 1.807) is 0 Å². The Balaban J connectivity index is 1.91. The van der Waals surface area contributed by atoms with Crippen LogP contribution < -0.4 is 0 Å². The van der Waals surface area contributed by atoms with Crippen molar-refractivity contribution in [2.24, 2.45) is 0 Å². The SMILES string of the molecule is OC1CCCc2nnc(C3CCSCC3)n21. The molecule has 0 spiro atoms. The van der Waals surface area contributed by atoms with Crippen LogP contribution in [0.15, 0.2) is 0 Å². The fourth-order valence-electron chi connectivity index (χ4n) is 2.64. The van der Waals surface area contributed by atoms with Gasteiger partial charge in [0.15, 0.2) is 0 Å². The van der Waals surface area contributed by atoms with Gasteiger partial charge in [0.1, 0.15) is 17.9 Å². The van der Waals surface area contributed by atoms with Gasteiger partial charge in [-0.25, -0.2) is 0 Å². The molecule has 2 aliphatic heterocycles. The normalized spacial score (nSPS) is 26.7. The zero-order valence-electron chi connectivity index (χ0n) is 9.30. The summed E-state index contributed by atoms with van der Waals surface area (Å²) in [5.41, 5.74) is 0. The standard InChI is InChI=1S/C11H17N3OS/c15-10-3-1-2-9-12-13-11(14(9)10)8-4-6-16-7-5-8/h8,10,15H,1-7H2. The van der Waals surface area contributed by atoms with E-state index in [4.69, 9.17) is 0 Å². The Morgan fingerprint density at radius 3 is 2.81 bits per heavy atom. The van der Waals surface area contributed by atoms with E-state index in [2.05, 4.69) is 10.2 Å². The molecule has 0 radical (unpaired) electrons. The zero-order chi connectivity index (χ0) is 11.0. The molecular formula is C11H17N3OS. The molecule has 0 aromatic carbocycles. The lowest BCUT2D eigenvalue weighted by Gasteiger charge is -2.26. The molecule has 16 heavy (non-hydrogen) atoms. The molecule has 0 saturated carbocycles. The number of thioether (sulfide) groups is 1. The summed E-state index contributed by atoms with van der Waals surface area (Å²) in [6.07, 6.45) is 4.80. The van der Waals surface area contributed by atoms with E-state index in [9.17, 15) is 5.11 Å². The maximum atomic E-state index is 10.0. The Morgan fingerprint density at radius 2 is 2.00 bits per heavy atom. The first-order valence-electron chi connectivity index (χ1n) is 6.06. The lowest BCUT2D eigenvalue weighted by Crippen LogP contribution is -2.22. The Bertz CT molecular complexity index is 373. The summed E-state index contributed by atoms with van der Waals surface area (Å²) in [5, 5.41) is 18.6. The Morgan fingerprint density at radius 1 is 1.19 bits per heavy atom. The summed E-state index contributed by atoms with van der Waals surface area (Å²) in [5.74, 6) is 4.94. The van der Waals surface area contributed by atoms with Crippen LogP contribution in [0.25, 0.3) is 0 Å². The van der Waals surface area contributed by atoms with Crippen molar-refractivity contribution in [3.05, 3.63) is 11.6 Å². The molecule has 1 unspecified atom stereocenters. The highest BCUT2D eigenvalue weighted by molar-refractivity contribution is 7.99. The van der Waals surface area contributed by atoms with Gasteiger partial charge in [0, 0.05) is 12.3 Å². The summed E-state index contributed by atoms with van der Waals surface area (Å²) < 4.78 is 1.99. The molecule has 5 heteroatoms. The number of fused-ring (bicyclic) bond motifs is 1. The number of aliphatic hydroxyl groups is 1. The highest BCUT2D eigenvalue weighted by atomic mass is 32.2. The number of nitrogens with zero attached hydrogens (tertiary/aromatic N) is 3. The van der Waals surface area contributed by atoms with Gasteiger partial charge < -0.3 is 5.11 Å². The minimum atomic E-state index is -0.386. The second-order valence-electron chi connectivity index (χ2n) is 4.60. The first-order valence-corrected chi connectivity index (χ1v) is 7.21. The molecule has 1 N–H and O–H groups in total. The lowest BCUT2D eigenvalue weighted by atomic mass is 10.0. The minimum absolute atomic E-state index is 0.386. The average molecular weight is 239 g/mol. The Labute approximate surface area is 99.4 Å². The molecule has 2 aliphatic rings. The van der Waals surface area contributed by atoms with Crippen LogP contribution in [0.4, 0.5) is 0 Å². The average Bonchev–Trinajstić information content (AvgIpc) is 2.75. The van der Waals surface area contributed by atoms with Crippen molar-refractivity contribution in [2.75, 3.05) is 11.5 Å². The molecule has 88 valence electrons. The number of aliphatic hydroxyl groups excluding tert-OH is 1. The third-order valence-corrected chi connectivity index (χ3v) is 4.59. The maximum absolute atomic E-state index is 10.0. The van der Waals surface area contributed by atoms with Crippen LogP contribution in [-0.4, -0.2) is 31.4 Å². The molecule has 1 atom stereocenters. The molecule has 1 aromatic heterocycles. The minimum Gasteiger partial charge on any atom is -0.373 e. The maximum Gasteiger partial charge on any atom is 0.138 e. The van der Waals surface area contributed by atoms with E-state index in [1.165, 1.54) is 24.3 Å². The van der Waals surface area contributed by atoms with Crippen molar-refractivity contribution in [2.45, 2.75) is 44.2 Å². The molecule has 4 nitrogen and oxygen atoms in total. The molecule has 1 aromatic rings. The molecule has 3 rings (SSSR count). The van der Waals surface area contributed by atoms with Gasteiger partial charge >= 0.3 is 0 Å². The van der Waals surface area contributed by atoms with Crippen molar-refractivity contribution in [3.63, 3.8) is 0 Å². The molecule has 3 heterocycles. The fourth-order valence-corrected chi connectivity index (χ4v) is 3.75. The quantitative estimate of drug-likeness (QED) is 0.810. The van der Waals surface area contributed by atoms with Gasteiger partial charge in [0.25, 0.3) is 0 Å². The van der Waals surface area contributed by atoms with Crippen LogP contribution in [0.3, 0.4) is 0 Å². The van der Waals surface area contributed by atoms with Crippen LogP contribution >= 0.6 is 11.8 Å². The van der Waals surface area contributed by atoms with Gasteiger partial charge in [-0.1, -0.05) is 0 Å². The highest BCUT2D eigenvalue weighted by Gasteiger charge is 2.28. The number of hydrogen-bond donors (Lipinski definition) is 1. The first-order chi connectivity index (χ1) is 7.86. The molecule has 1 saturated heterocycles. The van der Waals surface area contributed by atoms with Gasteiger partial charge in [-0.05, 0) is 37.2 Å². The predicted molar refractivity (Wildman–Crippen MR) is 63.5 cm³/mol. The van der Waals surface area contributed by atoms with Crippen molar-refractivity contribution in [3.8, 4) is 0 Å². The monoisotopic (exact) mass is 239 g/mol. The lowest BCUT2D eigenvalue weighted by molar-refractivity contribution is 0.0734. The van der Waals surface area contributed by atoms with Crippen LogP contribution in [0.1, 0.15) is 49.5 Å². The smallest absolute Gasteiger partial charge is 0.138 e. The van der Waals surface area contributed by atoms with E-state index in [-0.39, 0.29) is 6.23 Å². The summed E-state index contributed by atoms with van der Waals surface area (Å²) in [6.45, 7) is 0. The topological polar surface area (TPSA) is 50.9 Å². The van der Waals surface area contributed by atoms with Gasteiger partial charge in [-0.15, -0.1) is 10.2 Å². The molecular weight excluding hydrogens is 222 g/mol. The number of aromatic nitrogens is 3. The summed E-state index contributed by atoms with van der Waals surface area (Å²) in [6, 6.07) is 0. The van der Waals surface area contributed by atoms with E-state index in [0.29, 0.717) is 5.92 Å². The largest absolute Gasteiger partial charge is 0.373 e. The van der Waals surface area contributed by atoms with Crippen LogP contribution in [-0.2, 0) is 6.42 Å². The zero-order valence-corrected chi connectivity index (χ0v) is 10.1. The van der Waals surface area contributed by atoms with E-state index >= 15 is 0 Å². The van der Waals surface area contributed by atoms with E-state index in [1.807, 2.05) is 16.3 Å². The second kappa shape index (κ2) is 4.37. The third kappa shape index (κ3) is 1.76. The second-order valence-corrected chi connectivity index (χ2v) is 5.83. The van der Waals surface area contributed by atoms with Crippen LogP contribution in [0, 0.1) is 0 Å². The Kier molecular flexibility index (Phi) is 2.90. The van der Waals surface area contributed by atoms with Crippen molar-refractivity contribution >= 4 is 11.8 Å². The number of rotatable bonds is 1. The number of aryl methyl sites for hydroxylation is 1. The predicted octanol–water partition coefficient (Wildman–Crippen LogP) is 1.72. The van der Waals surface area contributed by atoms with Crippen LogP contribution in [0.5, 0.6) is 0 Å². The Hall–Kier alpha value is -0.550. The molecule has 0 aliphatic carbocycles. The van der Waals surface area contributed by atoms with E-state index in [0.717, 1.165) is 30.9 Å². The fraction of sp³-hybridized carbons (Fsp3) is 0.818.